The molecule has 0 bridgehead atoms. The van der Waals surface area contributed by atoms with Crippen LogP contribution in [0.2, 0.25) is 5.02 Å². The van der Waals surface area contributed by atoms with E-state index in [9.17, 15) is 10.1 Å². The van der Waals surface area contributed by atoms with Gasteiger partial charge in [-0.25, -0.2) is 4.98 Å². The van der Waals surface area contributed by atoms with Crippen molar-refractivity contribution in [3.05, 3.63) is 101 Å². The third kappa shape index (κ3) is 2.56. The van der Waals surface area contributed by atoms with Gasteiger partial charge in [-0.2, -0.15) is 15.0 Å². The lowest BCUT2D eigenvalue weighted by Gasteiger charge is -2.32. The van der Waals surface area contributed by atoms with Crippen molar-refractivity contribution in [3.8, 4) is 29.0 Å². The molecular formula is C25H15ClN6O2. The predicted molar refractivity (Wildman–Crippen MR) is 125 cm³/mol. The highest BCUT2D eigenvalue weighted by Gasteiger charge is 2.59. The summed E-state index contributed by atoms with van der Waals surface area (Å²) in [6.07, 6.45) is 1.63. The van der Waals surface area contributed by atoms with Gasteiger partial charge in [-0.05, 0) is 30.3 Å². The first-order chi connectivity index (χ1) is 16.6. The molecular weight excluding hydrogens is 452 g/mol. The molecule has 2 aliphatic rings. The normalized spacial score (nSPS) is 18.2. The number of benzene rings is 2. The van der Waals surface area contributed by atoms with Gasteiger partial charge in [0.15, 0.2) is 5.82 Å². The number of hydrogen-bond donors (Lipinski definition) is 2. The van der Waals surface area contributed by atoms with Crippen molar-refractivity contribution < 1.29 is 9.53 Å². The number of nitriles is 1. The summed E-state index contributed by atoms with van der Waals surface area (Å²) in [5.74, 6) is 0.0484. The lowest BCUT2D eigenvalue weighted by molar-refractivity contribution is -0.118. The maximum atomic E-state index is 13.8. The van der Waals surface area contributed by atoms with Gasteiger partial charge in [0.05, 0.1) is 5.56 Å². The number of pyridine rings is 1. The fourth-order valence-electron chi connectivity index (χ4n) is 4.64. The number of nitrogens with one attached hydrogen (secondary N) is 1. The first-order valence-corrected chi connectivity index (χ1v) is 10.7. The first kappa shape index (κ1) is 20.0. The third-order valence-electron chi connectivity index (χ3n) is 6.05. The Morgan fingerprint density at radius 3 is 2.65 bits per heavy atom. The number of ether oxygens (including phenoxy) is 1. The van der Waals surface area contributed by atoms with E-state index in [4.69, 9.17) is 27.2 Å². The van der Waals surface area contributed by atoms with Crippen molar-refractivity contribution >= 4 is 23.2 Å². The van der Waals surface area contributed by atoms with Gasteiger partial charge in [0.2, 0.25) is 17.7 Å². The lowest BCUT2D eigenvalue weighted by atomic mass is 9.68. The van der Waals surface area contributed by atoms with E-state index in [1.807, 2.05) is 36.4 Å². The summed E-state index contributed by atoms with van der Waals surface area (Å²) in [6.45, 7) is 0. The van der Waals surface area contributed by atoms with Crippen LogP contribution >= 0.6 is 11.6 Å². The van der Waals surface area contributed by atoms with Gasteiger partial charge in [-0.3, -0.25) is 4.79 Å². The molecule has 8 nitrogen and oxygen atoms in total. The number of halogens is 1. The maximum absolute atomic E-state index is 13.8. The van der Waals surface area contributed by atoms with E-state index in [2.05, 4.69) is 16.4 Å². The van der Waals surface area contributed by atoms with Crippen LogP contribution in [0.25, 0.3) is 17.1 Å². The Kier molecular flexibility index (Phi) is 4.24. The Balaban J connectivity index is 1.79. The summed E-state index contributed by atoms with van der Waals surface area (Å²) in [4.78, 5) is 18.2. The SMILES string of the molecule is N#CC1=C(N)Oc2c(c(-c3ccccc3)nn2-c2ccccn2)C12C(=O)Nc1ccc(Cl)cc12. The molecule has 0 saturated carbocycles. The minimum Gasteiger partial charge on any atom is -0.422 e. The molecule has 34 heavy (non-hydrogen) atoms. The van der Waals surface area contributed by atoms with Crippen molar-refractivity contribution in [2.45, 2.75) is 5.41 Å². The van der Waals surface area contributed by atoms with E-state index in [0.717, 1.165) is 5.56 Å². The van der Waals surface area contributed by atoms with E-state index in [-0.39, 0.29) is 17.3 Å². The van der Waals surface area contributed by atoms with Crippen LogP contribution in [0, 0.1) is 11.3 Å². The van der Waals surface area contributed by atoms with Crippen LogP contribution in [-0.2, 0) is 10.2 Å². The van der Waals surface area contributed by atoms with Crippen LogP contribution < -0.4 is 15.8 Å². The lowest BCUT2D eigenvalue weighted by Crippen LogP contribution is -2.42. The van der Waals surface area contributed by atoms with Crippen LogP contribution in [0.15, 0.2) is 84.4 Å². The van der Waals surface area contributed by atoms with E-state index < -0.39 is 11.3 Å². The molecule has 1 atom stereocenters. The molecule has 1 amide bonds. The number of carbonyl (C=O) groups excluding carboxylic acids is 1. The van der Waals surface area contributed by atoms with Crippen LogP contribution in [0.4, 0.5) is 5.69 Å². The molecule has 9 heteroatoms. The first-order valence-electron chi connectivity index (χ1n) is 10.4. The average Bonchev–Trinajstić information content (AvgIpc) is 3.37. The number of fused-ring (bicyclic) bond motifs is 4. The topological polar surface area (TPSA) is 119 Å². The largest absolute Gasteiger partial charge is 0.422 e. The number of carbonyl (C=O) groups is 1. The number of anilines is 1. The molecule has 4 heterocycles. The van der Waals surface area contributed by atoms with E-state index in [1.165, 1.54) is 4.68 Å². The van der Waals surface area contributed by atoms with Crippen molar-refractivity contribution in [1.82, 2.24) is 14.8 Å². The monoisotopic (exact) mass is 466 g/mol. The Bertz CT molecular complexity index is 1560. The molecule has 2 aromatic heterocycles. The second kappa shape index (κ2) is 7.20. The molecule has 3 N–H and O–H groups in total. The number of rotatable bonds is 2. The zero-order valence-corrected chi connectivity index (χ0v) is 18.2. The minimum absolute atomic E-state index is 0.0312. The quantitative estimate of drug-likeness (QED) is 0.462. The minimum atomic E-state index is -1.61. The van der Waals surface area contributed by atoms with Crippen molar-refractivity contribution in [2.75, 3.05) is 5.32 Å². The Morgan fingerprint density at radius 1 is 1.12 bits per heavy atom. The molecule has 6 rings (SSSR count). The molecule has 0 saturated heterocycles. The van der Waals surface area contributed by atoms with Crippen LogP contribution in [-0.4, -0.2) is 20.7 Å². The van der Waals surface area contributed by atoms with Crippen LogP contribution in [0.3, 0.4) is 0 Å². The fourth-order valence-corrected chi connectivity index (χ4v) is 4.81. The van der Waals surface area contributed by atoms with E-state index >= 15 is 0 Å². The van der Waals surface area contributed by atoms with Crippen LogP contribution in [0.1, 0.15) is 11.1 Å². The van der Waals surface area contributed by atoms with Gasteiger partial charge >= 0.3 is 0 Å². The van der Waals surface area contributed by atoms with Gasteiger partial charge < -0.3 is 15.8 Å². The number of nitrogens with zero attached hydrogens (tertiary/aromatic N) is 4. The molecule has 2 aliphatic heterocycles. The molecule has 0 radical (unpaired) electrons. The molecule has 2 aromatic carbocycles. The Hall–Kier alpha value is -4.61. The summed E-state index contributed by atoms with van der Waals surface area (Å²) >= 11 is 6.35. The highest BCUT2D eigenvalue weighted by molar-refractivity contribution is 6.31. The Labute approximate surface area is 198 Å². The van der Waals surface area contributed by atoms with Crippen LogP contribution in [0.5, 0.6) is 5.88 Å². The summed E-state index contributed by atoms with van der Waals surface area (Å²) in [6, 6.07) is 21.9. The van der Waals surface area contributed by atoms with Gasteiger partial charge in [0.25, 0.3) is 0 Å². The highest BCUT2D eigenvalue weighted by Crippen LogP contribution is 2.56. The van der Waals surface area contributed by atoms with Gasteiger partial charge in [-0.15, -0.1) is 0 Å². The van der Waals surface area contributed by atoms with Crippen molar-refractivity contribution in [2.24, 2.45) is 5.73 Å². The smallest absolute Gasteiger partial charge is 0.245 e. The molecule has 4 aromatic rings. The van der Waals surface area contributed by atoms with Gasteiger partial charge in [-0.1, -0.05) is 48.0 Å². The summed E-state index contributed by atoms with van der Waals surface area (Å²) < 4.78 is 7.48. The zero-order chi connectivity index (χ0) is 23.4. The molecule has 0 fully saturated rings. The average molecular weight is 467 g/mol. The summed E-state index contributed by atoms with van der Waals surface area (Å²) in [5.41, 5.74) is 7.27. The standard InChI is InChI=1S/C25H15ClN6O2/c26-15-9-10-18-16(12-15)25(24(33)30-18)17(13-27)22(28)34-23-20(25)21(14-6-2-1-3-7-14)31-32(23)19-8-4-5-11-29-19/h1-12H,28H2,(H,30,33). The summed E-state index contributed by atoms with van der Waals surface area (Å²) in [5, 5.41) is 18.3. The molecule has 1 unspecified atom stereocenters. The highest BCUT2D eigenvalue weighted by atomic mass is 35.5. The van der Waals surface area contributed by atoms with Crippen molar-refractivity contribution in [1.29, 1.82) is 5.26 Å². The third-order valence-corrected chi connectivity index (χ3v) is 6.28. The Morgan fingerprint density at radius 2 is 1.91 bits per heavy atom. The molecule has 1 spiro atoms. The predicted octanol–water partition coefficient (Wildman–Crippen LogP) is 3.91. The summed E-state index contributed by atoms with van der Waals surface area (Å²) in [7, 11) is 0. The number of hydrogen-bond acceptors (Lipinski definition) is 6. The maximum Gasteiger partial charge on any atom is 0.245 e. The zero-order valence-electron chi connectivity index (χ0n) is 17.5. The molecule has 0 aliphatic carbocycles. The molecule has 164 valence electrons. The number of amides is 1. The number of aromatic nitrogens is 3. The van der Waals surface area contributed by atoms with Gasteiger partial charge in [0, 0.05) is 28.0 Å². The van der Waals surface area contributed by atoms with Gasteiger partial charge in [0.1, 0.15) is 22.8 Å². The number of nitrogens with two attached hydrogens (primary N) is 1. The second-order valence-electron chi connectivity index (χ2n) is 7.84. The fraction of sp³-hybridized carbons (Fsp3) is 0.0400. The van der Waals surface area contributed by atoms with E-state index in [1.54, 1.807) is 36.5 Å². The van der Waals surface area contributed by atoms with E-state index in [0.29, 0.717) is 33.3 Å². The second-order valence-corrected chi connectivity index (χ2v) is 8.28. The van der Waals surface area contributed by atoms with Crippen molar-refractivity contribution in [3.63, 3.8) is 0 Å².